The first-order chi connectivity index (χ1) is 8.24. The smallest absolute Gasteiger partial charge is 0.0602 e. The van der Waals surface area contributed by atoms with Gasteiger partial charge in [0.05, 0.1) is 5.69 Å². The number of nitrogens with zero attached hydrogens (tertiary/aromatic N) is 3. The van der Waals surface area contributed by atoms with Crippen LogP contribution in [0.1, 0.15) is 45.2 Å². The zero-order valence-corrected chi connectivity index (χ0v) is 11.4. The lowest BCUT2D eigenvalue weighted by atomic mass is 10.1. The molecule has 0 aliphatic heterocycles. The Kier molecular flexibility index (Phi) is 6.78. The zero-order chi connectivity index (χ0) is 12.5. The van der Waals surface area contributed by atoms with Gasteiger partial charge in [-0.3, -0.25) is 9.97 Å². The van der Waals surface area contributed by atoms with Crippen molar-refractivity contribution in [1.29, 1.82) is 0 Å². The van der Waals surface area contributed by atoms with E-state index in [1.54, 1.807) is 12.4 Å². The Morgan fingerprint density at radius 3 is 2.71 bits per heavy atom. The van der Waals surface area contributed by atoms with Gasteiger partial charge in [0, 0.05) is 31.1 Å². The fourth-order valence-corrected chi connectivity index (χ4v) is 1.90. The Labute approximate surface area is 105 Å². The summed E-state index contributed by atoms with van der Waals surface area (Å²) in [5.74, 6) is 0. The first-order valence-electron chi connectivity index (χ1n) is 6.69. The molecule has 1 aromatic rings. The fourth-order valence-electron chi connectivity index (χ4n) is 1.90. The molecule has 0 aliphatic rings. The molecule has 0 spiro atoms. The highest BCUT2D eigenvalue weighted by Gasteiger charge is 2.10. The summed E-state index contributed by atoms with van der Waals surface area (Å²) in [5.41, 5.74) is 1.08. The lowest BCUT2D eigenvalue weighted by Gasteiger charge is -2.24. The third-order valence-corrected chi connectivity index (χ3v) is 3.24. The lowest BCUT2D eigenvalue weighted by molar-refractivity contribution is 0.249. The normalized spacial score (nSPS) is 12.9. The molecule has 17 heavy (non-hydrogen) atoms. The van der Waals surface area contributed by atoms with E-state index in [0.29, 0.717) is 6.04 Å². The molecule has 1 aromatic heterocycles. The summed E-state index contributed by atoms with van der Waals surface area (Å²) in [6.07, 6.45) is 11.6. The van der Waals surface area contributed by atoms with Crippen LogP contribution in [-0.4, -0.2) is 34.5 Å². The Morgan fingerprint density at radius 1 is 1.24 bits per heavy atom. The van der Waals surface area contributed by atoms with E-state index in [9.17, 15) is 0 Å². The summed E-state index contributed by atoms with van der Waals surface area (Å²) >= 11 is 0. The molecule has 1 rings (SSSR count). The van der Waals surface area contributed by atoms with Crippen LogP contribution >= 0.6 is 0 Å². The van der Waals surface area contributed by atoms with Crippen molar-refractivity contribution < 1.29 is 0 Å². The molecule has 1 heterocycles. The van der Waals surface area contributed by atoms with Gasteiger partial charge in [-0.1, -0.05) is 26.2 Å². The summed E-state index contributed by atoms with van der Waals surface area (Å²) in [5, 5.41) is 0. The molecule has 0 aromatic carbocycles. The van der Waals surface area contributed by atoms with Crippen molar-refractivity contribution in [3.63, 3.8) is 0 Å². The minimum atomic E-state index is 0.535. The predicted molar refractivity (Wildman–Crippen MR) is 72.0 cm³/mol. The van der Waals surface area contributed by atoms with Crippen LogP contribution in [0.3, 0.4) is 0 Å². The number of hydrogen-bond acceptors (Lipinski definition) is 3. The Hall–Kier alpha value is -0.960. The Morgan fingerprint density at radius 2 is 2.06 bits per heavy atom. The molecule has 3 heteroatoms. The standard InChI is InChI=1S/C14H25N3/c1-4-5-6-7-10-17(3)13(2)11-14-12-15-8-9-16-14/h8-9,12-13H,4-7,10-11H2,1-3H3/t13-/m1/s1. The molecule has 0 aliphatic carbocycles. The first-order valence-corrected chi connectivity index (χ1v) is 6.69. The average molecular weight is 235 g/mol. The van der Waals surface area contributed by atoms with E-state index in [1.165, 1.54) is 32.2 Å². The lowest BCUT2D eigenvalue weighted by Crippen LogP contribution is -2.32. The second-order valence-electron chi connectivity index (χ2n) is 4.79. The van der Waals surface area contributed by atoms with Gasteiger partial charge in [0.25, 0.3) is 0 Å². The number of unbranched alkanes of at least 4 members (excludes halogenated alkanes) is 3. The van der Waals surface area contributed by atoms with Crippen LogP contribution < -0.4 is 0 Å². The van der Waals surface area contributed by atoms with Crippen LogP contribution in [0.2, 0.25) is 0 Å². The topological polar surface area (TPSA) is 29.0 Å². The summed E-state index contributed by atoms with van der Waals surface area (Å²) in [6.45, 7) is 5.69. The monoisotopic (exact) mass is 235 g/mol. The summed E-state index contributed by atoms with van der Waals surface area (Å²) in [7, 11) is 2.20. The molecule has 0 amide bonds. The molecule has 0 radical (unpaired) electrons. The average Bonchev–Trinajstić information content (AvgIpc) is 2.35. The van der Waals surface area contributed by atoms with Gasteiger partial charge in [0.1, 0.15) is 0 Å². The van der Waals surface area contributed by atoms with Gasteiger partial charge >= 0.3 is 0 Å². The van der Waals surface area contributed by atoms with E-state index in [-0.39, 0.29) is 0 Å². The molecule has 0 fully saturated rings. The Balaban J connectivity index is 2.24. The minimum absolute atomic E-state index is 0.535. The fraction of sp³-hybridized carbons (Fsp3) is 0.714. The maximum absolute atomic E-state index is 4.32. The van der Waals surface area contributed by atoms with Crippen molar-refractivity contribution in [2.45, 2.75) is 52.0 Å². The van der Waals surface area contributed by atoms with Crippen molar-refractivity contribution in [3.8, 4) is 0 Å². The van der Waals surface area contributed by atoms with E-state index >= 15 is 0 Å². The summed E-state index contributed by atoms with van der Waals surface area (Å²) in [6, 6.07) is 0.535. The third-order valence-electron chi connectivity index (χ3n) is 3.24. The molecule has 1 atom stereocenters. The summed E-state index contributed by atoms with van der Waals surface area (Å²) in [4.78, 5) is 10.8. The van der Waals surface area contributed by atoms with Crippen molar-refractivity contribution in [2.75, 3.05) is 13.6 Å². The number of rotatable bonds is 8. The molecule has 0 saturated heterocycles. The van der Waals surface area contributed by atoms with E-state index in [1.807, 2.05) is 6.20 Å². The molecule has 3 nitrogen and oxygen atoms in total. The van der Waals surface area contributed by atoms with Crippen LogP contribution in [0.5, 0.6) is 0 Å². The first kappa shape index (κ1) is 14.1. The van der Waals surface area contributed by atoms with Crippen molar-refractivity contribution in [2.24, 2.45) is 0 Å². The number of aromatic nitrogens is 2. The third kappa shape index (κ3) is 5.78. The second-order valence-corrected chi connectivity index (χ2v) is 4.79. The van der Waals surface area contributed by atoms with E-state index in [2.05, 4.69) is 35.8 Å². The van der Waals surface area contributed by atoms with Gasteiger partial charge in [0.2, 0.25) is 0 Å². The van der Waals surface area contributed by atoms with Gasteiger partial charge in [-0.2, -0.15) is 0 Å². The molecule has 0 N–H and O–H groups in total. The number of likely N-dealkylation sites (N-methyl/N-ethyl adjacent to an activating group) is 1. The van der Waals surface area contributed by atoms with Gasteiger partial charge < -0.3 is 4.90 Å². The van der Waals surface area contributed by atoms with Crippen LogP contribution in [0, 0.1) is 0 Å². The molecule has 96 valence electrons. The van der Waals surface area contributed by atoms with Gasteiger partial charge in [0.15, 0.2) is 0 Å². The SMILES string of the molecule is CCCCCCN(C)[C@H](C)Cc1cnccn1. The highest BCUT2D eigenvalue weighted by molar-refractivity contribution is 4.97. The van der Waals surface area contributed by atoms with E-state index in [4.69, 9.17) is 0 Å². The molecular weight excluding hydrogens is 210 g/mol. The summed E-state index contributed by atoms with van der Waals surface area (Å²) < 4.78 is 0. The largest absolute Gasteiger partial charge is 0.303 e. The zero-order valence-electron chi connectivity index (χ0n) is 11.4. The van der Waals surface area contributed by atoms with Crippen LogP contribution in [-0.2, 0) is 6.42 Å². The van der Waals surface area contributed by atoms with E-state index in [0.717, 1.165) is 12.1 Å². The predicted octanol–water partition coefficient (Wildman–Crippen LogP) is 2.92. The molecule has 0 bridgehead atoms. The van der Waals surface area contributed by atoms with Gasteiger partial charge in [-0.15, -0.1) is 0 Å². The Bertz CT molecular complexity index is 287. The van der Waals surface area contributed by atoms with Crippen molar-refractivity contribution in [3.05, 3.63) is 24.3 Å². The van der Waals surface area contributed by atoms with Crippen LogP contribution in [0.25, 0.3) is 0 Å². The van der Waals surface area contributed by atoms with Crippen LogP contribution in [0.15, 0.2) is 18.6 Å². The molecular formula is C14H25N3. The van der Waals surface area contributed by atoms with E-state index < -0.39 is 0 Å². The minimum Gasteiger partial charge on any atom is -0.303 e. The maximum atomic E-state index is 4.32. The molecule has 0 saturated carbocycles. The second kappa shape index (κ2) is 8.18. The highest BCUT2D eigenvalue weighted by atomic mass is 15.1. The van der Waals surface area contributed by atoms with Gasteiger partial charge in [-0.05, 0) is 26.9 Å². The quantitative estimate of drug-likeness (QED) is 0.649. The maximum Gasteiger partial charge on any atom is 0.0602 e. The van der Waals surface area contributed by atoms with Crippen molar-refractivity contribution in [1.82, 2.24) is 14.9 Å². The molecule has 0 unspecified atom stereocenters. The van der Waals surface area contributed by atoms with Gasteiger partial charge in [-0.25, -0.2) is 0 Å². The number of hydrogen-bond donors (Lipinski definition) is 0. The van der Waals surface area contributed by atoms with Crippen LogP contribution in [0.4, 0.5) is 0 Å². The highest BCUT2D eigenvalue weighted by Crippen LogP contribution is 2.06. The van der Waals surface area contributed by atoms with Crippen molar-refractivity contribution >= 4 is 0 Å².